The van der Waals surface area contributed by atoms with Gasteiger partial charge in [-0.15, -0.1) is 10.2 Å². The molecule has 0 amide bonds. The summed E-state index contributed by atoms with van der Waals surface area (Å²) < 4.78 is 0. The lowest BCUT2D eigenvalue weighted by Gasteiger charge is -1.85. The molecule has 0 bridgehead atoms. The normalized spacial score (nSPS) is 17.5. The monoisotopic (exact) mass is 112 g/mol. The molecule has 0 saturated carbocycles. The van der Waals surface area contributed by atoms with Crippen molar-refractivity contribution in [3.63, 3.8) is 0 Å². The van der Waals surface area contributed by atoms with Crippen LogP contribution in [0.2, 0.25) is 0 Å². The Bertz CT molecular complexity index is 150. The van der Waals surface area contributed by atoms with Crippen LogP contribution in [0.3, 0.4) is 0 Å². The van der Waals surface area contributed by atoms with E-state index in [1.54, 1.807) is 0 Å². The van der Waals surface area contributed by atoms with Crippen LogP contribution in [0.1, 0.15) is 0 Å². The Morgan fingerprint density at radius 1 is 1.75 bits per heavy atom. The molecule has 8 heavy (non-hydrogen) atoms. The molecule has 5 nitrogen and oxygen atoms in total. The molecule has 1 N–H and O–H groups in total. The van der Waals surface area contributed by atoms with E-state index in [0.717, 1.165) is 6.34 Å². The van der Waals surface area contributed by atoms with Crippen molar-refractivity contribution >= 4 is 12.3 Å². The third kappa shape index (κ3) is 0.699. The van der Waals surface area contributed by atoms with Gasteiger partial charge < -0.3 is 5.11 Å². The molecular formula is C3H2N3O2. The molecule has 5 heteroatoms. The number of carboxylic acid groups (broad SMARTS) is 1. The van der Waals surface area contributed by atoms with Gasteiger partial charge in [-0.25, -0.2) is 9.79 Å². The molecule has 0 atom stereocenters. The van der Waals surface area contributed by atoms with Crippen LogP contribution in [0.4, 0.5) is 0 Å². The fourth-order valence-corrected chi connectivity index (χ4v) is 0.285. The second kappa shape index (κ2) is 1.69. The Labute approximate surface area is 44.8 Å². The standard InChI is InChI=1S/C3H2N3O2/c7-3(8)2-4-1-5-6-2/h1H,(H,7,8). The van der Waals surface area contributed by atoms with E-state index in [1.807, 2.05) is 0 Å². The highest BCUT2D eigenvalue weighted by atomic mass is 16.4. The minimum atomic E-state index is -1.15. The van der Waals surface area contributed by atoms with Crippen LogP contribution in [-0.4, -0.2) is 17.4 Å². The summed E-state index contributed by atoms with van der Waals surface area (Å²) in [5, 5.41) is 14.5. The van der Waals surface area contributed by atoms with Crippen molar-refractivity contribution < 1.29 is 9.90 Å². The first-order valence-electron chi connectivity index (χ1n) is 1.84. The summed E-state index contributed by atoms with van der Waals surface area (Å²) in [5.74, 6) is -1.15. The Hall–Kier alpha value is -1.26. The number of carboxylic acids is 1. The summed E-state index contributed by atoms with van der Waals surface area (Å²) in [6, 6.07) is 0. The summed E-state index contributed by atoms with van der Waals surface area (Å²) in [6.45, 7) is 0. The summed E-state index contributed by atoms with van der Waals surface area (Å²) >= 11 is 0. The molecule has 0 unspecified atom stereocenters. The van der Waals surface area contributed by atoms with Gasteiger partial charge in [-0.2, -0.15) is 0 Å². The lowest BCUT2D eigenvalue weighted by atomic mass is 10.6. The minimum absolute atomic E-state index is 0.259. The SMILES string of the molecule is O=C(O)[C]1N=CN=N1. The Kier molecular flexibility index (Phi) is 1.03. The number of hydrogen-bond donors (Lipinski definition) is 1. The van der Waals surface area contributed by atoms with Gasteiger partial charge >= 0.3 is 12.1 Å². The minimum Gasteiger partial charge on any atom is -0.478 e. The van der Waals surface area contributed by atoms with Crippen molar-refractivity contribution in [2.45, 2.75) is 0 Å². The zero-order chi connectivity index (χ0) is 5.98. The van der Waals surface area contributed by atoms with Crippen LogP contribution in [0, 0.1) is 6.17 Å². The molecule has 0 fully saturated rings. The molecule has 0 spiro atoms. The Morgan fingerprint density at radius 3 is 2.75 bits per heavy atom. The molecule has 1 radical (unpaired) electrons. The van der Waals surface area contributed by atoms with E-state index < -0.39 is 5.97 Å². The van der Waals surface area contributed by atoms with Crippen LogP contribution in [0.5, 0.6) is 0 Å². The maximum Gasteiger partial charge on any atom is 0.362 e. The van der Waals surface area contributed by atoms with Crippen LogP contribution in [0.25, 0.3) is 0 Å². The Balaban J connectivity index is 2.62. The van der Waals surface area contributed by atoms with Crippen molar-refractivity contribution in [1.82, 2.24) is 0 Å². The van der Waals surface area contributed by atoms with Gasteiger partial charge in [0.15, 0.2) is 0 Å². The molecule has 0 saturated heterocycles. The highest BCUT2D eigenvalue weighted by Gasteiger charge is 2.18. The predicted octanol–water partition coefficient (Wildman–Crippen LogP) is 0.0546. The first-order chi connectivity index (χ1) is 3.80. The molecule has 0 aromatic heterocycles. The highest BCUT2D eigenvalue weighted by molar-refractivity contribution is 5.85. The summed E-state index contributed by atoms with van der Waals surface area (Å²) in [5.41, 5.74) is 0. The molecule has 1 aliphatic rings. The van der Waals surface area contributed by atoms with Gasteiger partial charge in [-0.1, -0.05) is 0 Å². The summed E-state index contributed by atoms with van der Waals surface area (Å²) in [7, 11) is 0. The van der Waals surface area contributed by atoms with E-state index in [2.05, 4.69) is 15.2 Å². The smallest absolute Gasteiger partial charge is 0.362 e. The number of carbonyl (C=O) groups is 1. The molecule has 1 aliphatic heterocycles. The Morgan fingerprint density at radius 2 is 2.50 bits per heavy atom. The number of hydrogen-bond acceptors (Lipinski definition) is 4. The maximum atomic E-state index is 9.90. The molecule has 0 aliphatic carbocycles. The molecule has 0 aromatic carbocycles. The predicted molar refractivity (Wildman–Crippen MR) is 24.2 cm³/mol. The highest BCUT2D eigenvalue weighted by Crippen LogP contribution is 2.07. The fraction of sp³-hybridized carbons (Fsp3) is 0. The quantitative estimate of drug-likeness (QED) is 0.520. The fourth-order valence-electron chi connectivity index (χ4n) is 0.285. The van der Waals surface area contributed by atoms with Gasteiger partial charge in [-0.3, -0.25) is 0 Å². The van der Waals surface area contributed by atoms with Gasteiger partial charge in [0.1, 0.15) is 6.34 Å². The summed E-state index contributed by atoms with van der Waals surface area (Å²) in [6.07, 6.45) is 0.828. The molecular weight excluding hydrogens is 110 g/mol. The van der Waals surface area contributed by atoms with Crippen molar-refractivity contribution in [3.8, 4) is 0 Å². The third-order valence-corrected chi connectivity index (χ3v) is 0.575. The largest absolute Gasteiger partial charge is 0.478 e. The topological polar surface area (TPSA) is 74.4 Å². The van der Waals surface area contributed by atoms with E-state index in [9.17, 15) is 4.79 Å². The molecule has 0 aromatic rings. The first kappa shape index (κ1) is 4.89. The van der Waals surface area contributed by atoms with E-state index in [-0.39, 0.29) is 6.17 Å². The lowest BCUT2D eigenvalue weighted by molar-refractivity contribution is -0.134. The van der Waals surface area contributed by atoms with E-state index in [4.69, 9.17) is 5.11 Å². The van der Waals surface area contributed by atoms with Gasteiger partial charge in [0, 0.05) is 0 Å². The van der Waals surface area contributed by atoms with E-state index in [0.29, 0.717) is 0 Å². The van der Waals surface area contributed by atoms with Crippen LogP contribution in [-0.2, 0) is 4.79 Å². The van der Waals surface area contributed by atoms with Crippen LogP contribution >= 0.6 is 0 Å². The first-order valence-corrected chi connectivity index (χ1v) is 1.84. The maximum absolute atomic E-state index is 9.90. The third-order valence-electron chi connectivity index (χ3n) is 0.575. The van der Waals surface area contributed by atoms with Gasteiger partial charge in [0.2, 0.25) is 0 Å². The number of azo groups is 1. The number of rotatable bonds is 1. The van der Waals surface area contributed by atoms with Crippen LogP contribution in [0.15, 0.2) is 15.2 Å². The van der Waals surface area contributed by atoms with Gasteiger partial charge in [0.05, 0.1) is 0 Å². The zero-order valence-electron chi connectivity index (χ0n) is 3.77. The van der Waals surface area contributed by atoms with Gasteiger partial charge in [-0.05, 0) is 0 Å². The van der Waals surface area contributed by atoms with Crippen LogP contribution < -0.4 is 0 Å². The zero-order valence-corrected chi connectivity index (χ0v) is 3.77. The van der Waals surface area contributed by atoms with Crippen molar-refractivity contribution in [3.05, 3.63) is 6.17 Å². The second-order valence-electron chi connectivity index (χ2n) is 1.09. The van der Waals surface area contributed by atoms with Gasteiger partial charge in [0.25, 0.3) is 0 Å². The average molecular weight is 112 g/mol. The number of aliphatic carboxylic acids is 1. The summed E-state index contributed by atoms with van der Waals surface area (Å²) in [4.78, 5) is 13.2. The molecule has 41 valence electrons. The lowest BCUT2D eigenvalue weighted by Crippen LogP contribution is -2.02. The van der Waals surface area contributed by atoms with E-state index in [1.165, 1.54) is 0 Å². The second-order valence-corrected chi connectivity index (χ2v) is 1.09. The molecule has 1 rings (SSSR count). The van der Waals surface area contributed by atoms with E-state index >= 15 is 0 Å². The average Bonchev–Trinajstić information content (AvgIpc) is 2.12. The van der Waals surface area contributed by atoms with Crippen molar-refractivity contribution in [2.75, 3.05) is 0 Å². The molecule has 1 heterocycles. The number of nitrogens with zero attached hydrogens (tertiary/aromatic N) is 3. The van der Waals surface area contributed by atoms with Crippen molar-refractivity contribution in [2.24, 2.45) is 15.2 Å². The number of aliphatic imine (C=N–C) groups is 1. The van der Waals surface area contributed by atoms with Crippen molar-refractivity contribution in [1.29, 1.82) is 0 Å².